The van der Waals surface area contributed by atoms with Gasteiger partial charge in [0.15, 0.2) is 0 Å². The molecule has 0 aliphatic carbocycles. The van der Waals surface area contributed by atoms with E-state index < -0.39 is 12.1 Å². The van der Waals surface area contributed by atoms with E-state index >= 15 is 0 Å². The van der Waals surface area contributed by atoms with E-state index in [4.69, 9.17) is 18.9 Å². The number of amides is 1. The van der Waals surface area contributed by atoms with Crippen LogP contribution in [0.3, 0.4) is 0 Å². The lowest BCUT2D eigenvalue weighted by Crippen LogP contribution is -2.30. The van der Waals surface area contributed by atoms with Gasteiger partial charge in [0, 0.05) is 18.1 Å². The predicted molar refractivity (Wildman–Crippen MR) is 101 cm³/mol. The molecular formula is C20H23NO6. The first-order valence-electron chi connectivity index (χ1n) is 8.44. The average molecular weight is 373 g/mol. The number of carbonyl (C=O) groups is 2. The first-order valence-corrected chi connectivity index (χ1v) is 8.44. The first kappa shape index (κ1) is 20.3. The van der Waals surface area contributed by atoms with Crippen molar-refractivity contribution in [3.05, 3.63) is 48.6 Å². The number of fused-ring (bicyclic) bond motifs is 1. The molecule has 2 aromatic carbocycles. The predicted octanol–water partition coefficient (Wildman–Crippen LogP) is 3.07. The summed E-state index contributed by atoms with van der Waals surface area (Å²) >= 11 is 0. The van der Waals surface area contributed by atoms with Gasteiger partial charge < -0.3 is 24.3 Å². The van der Waals surface area contributed by atoms with E-state index in [0.29, 0.717) is 24.5 Å². The van der Waals surface area contributed by atoms with Gasteiger partial charge >= 0.3 is 12.1 Å². The molecule has 0 aliphatic heterocycles. The summed E-state index contributed by atoms with van der Waals surface area (Å²) in [5.41, 5.74) is 0.305. The zero-order valence-electron chi connectivity index (χ0n) is 15.4. The molecule has 0 fully saturated rings. The Balaban J connectivity index is 1.90. The summed E-state index contributed by atoms with van der Waals surface area (Å²) in [5.74, 6) is 0.635. The highest BCUT2D eigenvalue weighted by molar-refractivity contribution is 5.90. The largest absolute Gasteiger partial charge is 0.491 e. The van der Waals surface area contributed by atoms with Crippen LogP contribution in [-0.4, -0.2) is 45.5 Å². The number of methoxy groups -OCH3 is 1. The zero-order chi connectivity index (χ0) is 19.6. The Morgan fingerprint density at radius 3 is 2.67 bits per heavy atom. The molecule has 2 aromatic rings. The molecular weight excluding hydrogens is 350 g/mol. The number of esters is 1. The highest BCUT2D eigenvalue weighted by Crippen LogP contribution is 2.28. The molecule has 0 aromatic heterocycles. The van der Waals surface area contributed by atoms with E-state index in [9.17, 15) is 9.59 Å². The van der Waals surface area contributed by atoms with Crippen molar-refractivity contribution in [3.63, 3.8) is 0 Å². The van der Waals surface area contributed by atoms with Gasteiger partial charge in [-0.2, -0.15) is 0 Å². The lowest BCUT2D eigenvalue weighted by atomic mass is 10.1. The van der Waals surface area contributed by atoms with E-state index in [2.05, 4.69) is 11.9 Å². The molecule has 7 heteroatoms. The van der Waals surface area contributed by atoms with Crippen LogP contribution in [0.2, 0.25) is 0 Å². The molecule has 0 radical (unpaired) electrons. The van der Waals surface area contributed by atoms with Crippen molar-refractivity contribution in [2.75, 3.05) is 33.5 Å². The number of carbonyl (C=O) groups excluding carboxylic acids is 2. The van der Waals surface area contributed by atoms with Crippen molar-refractivity contribution in [1.29, 1.82) is 0 Å². The minimum Gasteiger partial charge on any atom is -0.491 e. The maximum atomic E-state index is 11.8. The van der Waals surface area contributed by atoms with E-state index in [-0.39, 0.29) is 13.2 Å². The highest BCUT2D eigenvalue weighted by atomic mass is 16.6. The summed E-state index contributed by atoms with van der Waals surface area (Å²) < 4.78 is 20.8. The van der Waals surface area contributed by atoms with Gasteiger partial charge in [0.05, 0.1) is 13.2 Å². The van der Waals surface area contributed by atoms with Crippen molar-refractivity contribution in [2.45, 2.75) is 6.92 Å². The fourth-order valence-electron chi connectivity index (χ4n) is 2.22. The monoisotopic (exact) mass is 373 g/mol. The summed E-state index contributed by atoms with van der Waals surface area (Å²) in [6.07, 6.45) is -0.631. The van der Waals surface area contributed by atoms with Gasteiger partial charge in [0.2, 0.25) is 0 Å². The fourth-order valence-corrected chi connectivity index (χ4v) is 2.22. The van der Waals surface area contributed by atoms with Crippen LogP contribution < -0.4 is 14.8 Å². The molecule has 0 atom stereocenters. The molecule has 1 N–H and O–H groups in total. The number of ether oxygens (including phenoxy) is 4. The van der Waals surface area contributed by atoms with E-state index in [1.807, 2.05) is 24.3 Å². The zero-order valence-corrected chi connectivity index (χ0v) is 15.4. The van der Waals surface area contributed by atoms with Gasteiger partial charge in [-0.15, -0.1) is 0 Å². The van der Waals surface area contributed by atoms with Crippen LogP contribution in [0.15, 0.2) is 48.6 Å². The Morgan fingerprint density at radius 1 is 1.11 bits per heavy atom. The molecule has 0 bridgehead atoms. The maximum Gasteiger partial charge on any atom is 0.412 e. The summed E-state index contributed by atoms with van der Waals surface area (Å²) in [6, 6.07) is 10.9. The quantitative estimate of drug-likeness (QED) is 0.413. The minimum absolute atomic E-state index is 0.0423. The molecule has 7 nitrogen and oxygen atoms in total. The van der Waals surface area contributed by atoms with Gasteiger partial charge in [0.1, 0.15) is 24.7 Å². The highest BCUT2D eigenvalue weighted by Gasteiger charge is 2.08. The average Bonchev–Trinajstić information content (AvgIpc) is 2.65. The van der Waals surface area contributed by atoms with Gasteiger partial charge in [-0.1, -0.05) is 18.7 Å². The van der Waals surface area contributed by atoms with Crippen LogP contribution >= 0.6 is 0 Å². The second-order valence-corrected chi connectivity index (χ2v) is 5.71. The normalized spacial score (nSPS) is 10.3. The fraction of sp³-hybridized carbons (Fsp3) is 0.300. The Bertz CT molecular complexity index is 817. The number of benzene rings is 2. The topological polar surface area (TPSA) is 83.1 Å². The van der Waals surface area contributed by atoms with Crippen molar-refractivity contribution in [3.8, 4) is 11.5 Å². The summed E-state index contributed by atoms with van der Waals surface area (Å²) in [5, 5.41) is 4.30. The molecule has 0 aliphatic rings. The Hall–Kier alpha value is -3.06. The minimum atomic E-state index is -0.631. The van der Waals surface area contributed by atoms with E-state index in [1.165, 1.54) is 0 Å². The molecule has 27 heavy (non-hydrogen) atoms. The molecule has 0 spiro atoms. The molecule has 2 rings (SSSR count). The first-order chi connectivity index (χ1) is 13.0. The molecule has 0 unspecified atom stereocenters. The maximum absolute atomic E-state index is 11.8. The van der Waals surface area contributed by atoms with Crippen molar-refractivity contribution in [2.24, 2.45) is 0 Å². The molecule has 1 amide bonds. The van der Waals surface area contributed by atoms with Crippen LogP contribution in [0.25, 0.3) is 10.8 Å². The lowest BCUT2D eigenvalue weighted by Gasteiger charge is -2.11. The van der Waals surface area contributed by atoms with Crippen LogP contribution in [0.1, 0.15) is 6.92 Å². The second-order valence-electron chi connectivity index (χ2n) is 5.71. The Labute approximate surface area is 157 Å². The third-order valence-corrected chi connectivity index (χ3v) is 3.52. The summed E-state index contributed by atoms with van der Waals surface area (Å²) in [6.45, 7) is 6.16. The van der Waals surface area contributed by atoms with Crippen molar-refractivity contribution in [1.82, 2.24) is 5.32 Å². The number of hydrogen-bond acceptors (Lipinski definition) is 6. The number of rotatable bonds is 9. The third-order valence-electron chi connectivity index (χ3n) is 3.52. The summed E-state index contributed by atoms with van der Waals surface area (Å²) in [7, 11) is 1.62. The molecule has 0 saturated carbocycles. The number of hydrogen-bond donors (Lipinski definition) is 1. The SMILES string of the molecule is C=C(C)C(=O)OCCNC(=O)Oc1ccc2c(OCCOC)cccc2c1. The Morgan fingerprint density at radius 2 is 1.93 bits per heavy atom. The molecule has 144 valence electrons. The van der Waals surface area contributed by atoms with Gasteiger partial charge in [-0.05, 0) is 36.6 Å². The van der Waals surface area contributed by atoms with Crippen LogP contribution in [0, 0.1) is 0 Å². The van der Waals surface area contributed by atoms with Gasteiger partial charge in [0.25, 0.3) is 0 Å². The second kappa shape index (κ2) is 10.2. The van der Waals surface area contributed by atoms with Gasteiger partial charge in [-0.25, -0.2) is 9.59 Å². The van der Waals surface area contributed by atoms with Crippen LogP contribution in [0.5, 0.6) is 11.5 Å². The van der Waals surface area contributed by atoms with Crippen LogP contribution in [-0.2, 0) is 14.3 Å². The number of nitrogens with one attached hydrogen (secondary N) is 1. The van der Waals surface area contributed by atoms with Crippen molar-refractivity contribution >= 4 is 22.8 Å². The van der Waals surface area contributed by atoms with Crippen LogP contribution in [0.4, 0.5) is 4.79 Å². The third kappa shape index (κ3) is 6.31. The van der Waals surface area contributed by atoms with E-state index in [0.717, 1.165) is 16.5 Å². The standard InChI is InChI=1S/C20H23NO6/c1-14(2)19(22)26-10-9-21-20(23)27-16-7-8-17-15(13-16)5-4-6-18(17)25-12-11-24-3/h4-8,13H,1,9-12H2,2-3H3,(H,21,23). The summed E-state index contributed by atoms with van der Waals surface area (Å²) in [4.78, 5) is 23.1. The molecule has 0 saturated heterocycles. The Kier molecular flexibility index (Phi) is 7.63. The lowest BCUT2D eigenvalue weighted by molar-refractivity contribution is -0.138. The molecule has 0 heterocycles. The van der Waals surface area contributed by atoms with Crippen molar-refractivity contribution < 1.29 is 28.5 Å². The van der Waals surface area contributed by atoms with Gasteiger partial charge in [-0.3, -0.25) is 0 Å². The van der Waals surface area contributed by atoms with E-state index in [1.54, 1.807) is 26.2 Å². The smallest absolute Gasteiger partial charge is 0.412 e.